The molecule has 0 N–H and O–H groups in total. The highest BCUT2D eigenvalue weighted by molar-refractivity contribution is 7.19. The Morgan fingerprint density at radius 3 is 2.65 bits per heavy atom. The lowest BCUT2D eigenvalue weighted by Gasteiger charge is -2.30. The van der Waals surface area contributed by atoms with Crippen molar-refractivity contribution in [3.8, 4) is 0 Å². The first kappa shape index (κ1) is 17.2. The van der Waals surface area contributed by atoms with Crippen molar-refractivity contribution in [2.75, 3.05) is 0 Å². The summed E-state index contributed by atoms with van der Waals surface area (Å²) < 4.78 is 9.60. The van der Waals surface area contributed by atoms with E-state index in [9.17, 15) is 9.59 Å². The largest absolute Gasteiger partial charge is 0.370 e. The van der Waals surface area contributed by atoms with Crippen LogP contribution in [0, 0.1) is 0 Å². The molecule has 0 aliphatic carbocycles. The molecule has 1 aliphatic heterocycles. The van der Waals surface area contributed by atoms with Crippen molar-refractivity contribution in [1.82, 2.24) is 9.13 Å². The van der Waals surface area contributed by atoms with Gasteiger partial charge in [0.05, 0.1) is 17.7 Å². The van der Waals surface area contributed by atoms with Crippen LogP contribution >= 0.6 is 11.3 Å². The van der Waals surface area contributed by atoms with Crippen LogP contribution in [0.15, 0.2) is 39.9 Å². The smallest absolute Gasteiger partial charge is 0.331 e. The van der Waals surface area contributed by atoms with Gasteiger partial charge in [-0.15, -0.1) is 11.3 Å². The van der Waals surface area contributed by atoms with E-state index in [-0.39, 0.29) is 16.9 Å². The lowest BCUT2D eigenvalue weighted by molar-refractivity contribution is -0.0384. The quantitative estimate of drug-likeness (QED) is 0.712. The van der Waals surface area contributed by atoms with Crippen molar-refractivity contribution < 1.29 is 4.74 Å². The van der Waals surface area contributed by atoms with Crippen LogP contribution in [-0.4, -0.2) is 14.7 Å². The van der Waals surface area contributed by atoms with Gasteiger partial charge >= 0.3 is 5.69 Å². The lowest BCUT2D eigenvalue weighted by Crippen LogP contribution is -2.38. The number of fused-ring (bicyclic) bond motifs is 3. The molecule has 6 heteroatoms. The number of nitrogens with zero attached hydrogens (tertiary/aromatic N) is 2. The van der Waals surface area contributed by atoms with Gasteiger partial charge in [-0.25, -0.2) is 4.79 Å². The molecular formula is C20H22N2O3S. The van der Waals surface area contributed by atoms with Gasteiger partial charge < -0.3 is 4.74 Å². The number of ether oxygens (including phenoxy) is 1. The number of aromatic nitrogens is 2. The summed E-state index contributed by atoms with van der Waals surface area (Å²) in [6, 6.07) is 10.1. The van der Waals surface area contributed by atoms with E-state index in [0.717, 1.165) is 28.8 Å². The number of rotatable bonds is 3. The minimum Gasteiger partial charge on any atom is -0.370 e. The van der Waals surface area contributed by atoms with Crippen LogP contribution in [0.25, 0.3) is 10.2 Å². The van der Waals surface area contributed by atoms with Crippen molar-refractivity contribution >= 4 is 21.6 Å². The average molecular weight is 370 g/mol. The van der Waals surface area contributed by atoms with E-state index in [1.165, 1.54) is 21.5 Å². The van der Waals surface area contributed by atoms with E-state index in [1.54, 1.807) is 11.6 Å². The standard InChI is InChI=1S/C20H22N2O3S/c1-20(2)11-15-14(12-25-20)16-17(26-15)18(23)21(3)19(24)22(16)10-9-13-7-5-4-6-8-13/h4-8H,9-12H2,1-3H3. The third kappa shape index (κ3) is 2.83. The SMILES string of the molecule is Cn1c(=O)c2sc3c(c2n(CCc2ccccc2)c1=O)COC(C)(C)C3. The molecule has 0 amide bonds. The fraction of sp³-hybridized carbons (Fsp3) is 0.400. The summed E-state index contributed by atoms with van der Waals surface area (Å²) in [5, 5.41) is 0. The Morgan fingerprint density at radius 1 is 1.19 bits per heavy atom. The summed E-state index contributed by atoms with van der Waals surface area (Å²) in [4.78, 5) is 26.7. The molecule has 4 rings (SSSR count). The molecular weight excluding hydrogens is 348 g/mol. The first-order valence-electron chi connectivity index (χ1n) is 8.79. The Labute approximate surface area is 155 Å². The third-order valence-corrected chi connectivity index (χ3v) is 6.22. The normalized spacial score (nSPS) is 16.0. The highest BCUT2D eigenvalue weighted by atomic mass is 32.1. The molecule has 0 fully saturated rings. The highest BCUT2D eigenvalue weighted by Gasteiger charge is 2.31. The monoisotopic (exact) mass is 370 g/mol. The zero-order valence-corrected chi connectivity index (χ0v) is 16.1. The second-order valence-corrected chi connectivity index (χ2v) is 8.55. The molecule has 3 heterocycles. The van der Waals surface area contributed by atoms with Crippen molar-refractivity contribution in [3.05, 3.63) is 67.2 Å². The third-order valence-electron chi connectivity index (χ3n) is 5.01. The van der Waals surface area contributed by atoms with Gasteiger partial charge in [0.25, 0.3) is 5.56 Å². The molecule has 0 spiro atoms. The molecule has 0 bridgehead atoms. The molecule has 0 unspecified atom stereocenters. The maximum absolute atomic E-state index is 12.8. The lowest BCUT2D eigenvalue weighted by atomic mass is 9.98. The first-order chi connectivity index (χ1) is 12.4. The van der Waals surface area contributed by atoms with E-state index >= 15 is 0 Å². The van der Waals surface area contributed by atoms with E-state index < -0.39 is 0 Å². The van der Waals surface area contributed by atoms with Crippen LogP contribution in [0.3, 0.4) is 0 Å². The summed E-state index contributed by atoms with van der Waals surface area (Å²) in [7, 11) is 1.56. The number of hydrogen-bond acceptors (Lipinski definition) is 4. The second kappa shape index (κ2) is 6.21. The molecule has 0 saturated heterocycles. The van der Waals surface area contributed by atoms with Crippen LogP contribution in [0.1, 0.15) is 29.9 Å². The Kier molecular flexibility index (Phi) is 4.12. The van der Waals surface area contributed by atoms with Gasteiger partial charge in [-0.2, -0.15) is 0 Å². The maximum atomic E-state index is 12.8. The fourth-order valence-corrected chi connectivity index (χ4v) is 5.04. The summed E-state index contributed by atoms with van der Waals surface area (Å²) in [5.74, 6) is 0. The van der Waals surface area contributed by atoms with E-state index in [4.69, 9.17) is 4.74 Å². The minimum absolute atomic E-state index is 0.210. The molecule has 2 aromatic heterocycles. The van der Waals surface area contributed by atoms with Crippen LogP contribution in [-0.2, 0) is 37.8 Å². The number of benzene rings is 1. The van der Waals surface area contributed by atoms with Gasteiger partial charge in [0.15, 0.2) is 0 Å². The van der Waals surface area contributed by atoms with Gasteiger partial charge in [-0.05, 0) is 25.8 Å². The molecule has 26 heavy (non-hydrogen) atoms. The van der Waals surface area contributed by atoms with E-state index in [2.05, 4.69) is 26.0 Å². The summed E-state index contributed by atoms with van der Waals surface area (Å²) in [5.41, 5.74) is 2.23. The van der Waals surface area contributed by atoms with Crippen molar-refractivity contribution in [2.45, 2.75) is 45.4 Å². The first-order valence-corrected chi connectivity index (χ1v) is 9.61. The van der Waals surface area contributed by atoms with Crippen molar-refractivity contribution in [3.63, 3.8) is 0 Å². The van der Waals surface area contributed by atoms with E-state index in [0.29, 0.717) is 17.9 Å². The Balaban J connectivity index is 1.87. The van der Waals surface area contributed by atoms with Crippen LogP contribution in [0.4, 0.5) is 0 Å². The molecule has 0 atom stereocenters. The zero-order chi connectivity index (χ0) is 18.5. The molecule has 0 saturated carbocycles. The van der Waals surface area contributed by atoms with Gasteiger partial charge in [0.1, 0.15) is 4.70 Å². The van der Waals surface area contributed by atoms with Gasteiger partial charge in [-0.1, -0.05) is 30.3 Å². The second-order valence-electron chi connectivity index (χ2n) is 7.44. The minimum atomic E-state index is -0.260. The van der Waals surface area contributed by atoms with Crippen LogP contribution in [0.5, 0.6) is 0 Å². The molecule has 5 nitrogen and oxygen atoms in total. The zero-order valence-electron chi connectivity index (χ0n) is 15.2. The summed E-state index contributed by atoms with van der Waals surface area (Å²) >= 11 is 1.51. The van der Waals surface area contributed by atoms with Gasteiger partial charge in [0.2, 0.25) is 0 Å². The Bertz CT molecular complexity index is 1090. The fourth-order valence-electron chi connectivity index (χ4n) is 3.54. The predicted octanol–water partition coefficient (Wildman–Crippen LogP) is 2.86. The Hall–Kier alpha value is -2.18. The van der Waals surface area contributed by atoms with Crippen LogP contribution < -0.4 is 11.2 Å². The number of thiophene rings is 1. The van der Waals surface area contributed by atoms with Crippen molar-refractivity contribution in [1.29, 1.82) is 0 Å². The highest BCUT2D eigenvalue weighted by Crippen LogP contribution is 2.37. The maximum Gasteiger partial charge on any atom is 0.331 e. The summed E-state index contributed by atoms with van der Waals surface area (Å²) in [6.45, 7) is 5.10. The Morgan fingerprint density at radius 2 is 1.92 bits per heavy atom. The van der Waals surface area contributed by atoms with Gasteiger partial charge in [0, 0.05) is 30.5 Å². The topological polar surface area (TPSA) is 53.2 Å². The molecule has 0 radical (unpaired) electrons. The van der Waals surface area contributed by atoms with E-state index in [1.807, 2.05) is 18.2 Å². The van der Waals surface area contributed by atoms with Crippen molar-refractivity contribution in [2.24, 2.45) is 7.05 Å². The average Bonchev–Trinajstić information content (AvgIpc) is 2.98. The molecule has 3 aromatic rings. The summed E-state index contributed by atoms with van der Waals surface area (Å²) in [6.07, 6.45) is 1.50. The number of hydrogen-bond donors (Lipinski definition) is 0. The number of aryl methyl sites for hydroxylation is 2. The molecule has 1 aliphatic rings. The van der Waals surface area contributed by atoms with Crippen LogP contribution in [0.2, 0.25) is 0 Å². The molecule has 1 aromatic carbocycles. The van der Waals surface area contributed by atoms with Gasteiger partial charge in [-0.3, -0.25) is 13.9 Å². The predicted molar refractivity (Wildman–Crippen MR) is 104 cm³/mol. The molecule has 136 valence electrons.